The second-order valence-electron chi connectivity index (χ2n) is 2.79. The van der Waals surface area contributed by atoms with Gasteiger partial charge in [-0.1, -0.05) is 12.1 Å². The van der Waals surface area contributed by atoms with E-state index >= 15 is 0 Å². The lowest BCUT2D eigenvalue weighted by atomic mass is 10.3. The van der Waals surface area contributed by atoms with Gasteiger partial charge in [-0.15, -0.1) is 20.1 Å². The van der Waals surface area contributed by atoms with E-state index < -0.39 is 16.0 Å². The van der Waals surface area contributed by atoms with Crippen molar-refractivity contribution in [1.82, 2.24) is 4.98 Å². The molecule has 0 radical (unpaired) electrons. The number of fused-ring (bicyclic) bond motifs is 1. The van der Waals surface area contributed by atoms with E-state index in [0.29, 0.717) is 21.6 Å². The minimum Gasteiger partial charge on any atom is -0.259 e. The summed E-state index contributed by atoms with van der Waals surface area (Å²) in [5, 5.41) is 9.34. The van der Waals surface area contributed by atoms with Gasteiger partial charge >= 0.3 is 6.05 Å². The number of halogens is 2. The molecular formula is C8H4F2N2O2S. The van der Waals surface area contributed by atoms with Gasteiger partial charge < -0.3 is 0 Å². The van der Waals surface area contributed by atoms with Crippen molar-refractivity contribution in [2.45, 2.75) is 6.05 Å². The summed E-state index contributed by atoms with van der Waals surface area (Å²) in [7, 11) is 0. The third kappa shape index (κ3) is 1.54. The number of nitrogens with zero attached hydrogens (tertiary/aromatic N) is 2. The van der Waals surface area contributed by atoms with Gasteiger partial charge in [0.25, 0.3) is 0 Å². The van der Waals surface area contributed by atoms with Crippen molar-refractivity contribution in [3.8, 4) is 0 Å². The number of nitro groups is 1. The lowest BCUT2D eigenvalue weighted by molar-refractivity contribution is -0.655. The molecule has 15 heavy (non-hydrogen) atoms. The molecule has 0 unspecified atom stereocenters. The van der Waals surface area contributed by atoms with E-state index in [2.05, 4.69) is 4.98 Å². The number of para-hydroxylation sites is 1. The Labute approximate surface area is 86.3 Å². The lowest BCUT2D eigenvalue weighted by Gasteiger charge is -2.01. The third-order valence-electron chi connectivity index (χ3n) is 1.78. The van der Waals surface area contributed by atoms with Crippen LogP contribution in [0.3, 0.4) is 0 Å². The SMILES string of the molecule is O=[N+]([O-])C(F)(F)c1nc2ccccc2s1. The molecule has 0 aliphatic rings. The third-order valence-corrected chi connectivity index (χ3v) is 2.88. The summed E-state index contributed by atoms with van der Waals surface area (Å²) in [4.78, 5) is 12.0. The highest BCUT2D eigenvalue weighted by atomic mass is 32.1. The Bertz CT molecular complexity index is 493. The van der Waals surface area contributed by atoms with Crippen LogP contribution in [0.25, 0.3) is 10.2 Å². The molecule has 0 fully saturated rings. The molecule has 78 valence electrons. The maximum absolute atomic E-state index is 13.0. The van der Waals surface area contributed by atoms with Crippen LogP contribution in [-0.2, 0) is 6.05 Å². The Morgan fingerprint density at radius 3 is 2.67 bits per heavy atom. The number of aromatic nitrogens is 1. The van der Waals surface area contributed by atoms with Crippen molar-refractivity contribution >= 4 is 21.6 Å². The van der Waals surface area contributed by atoms with Gasteiger partial charge in [0.05, 0.1) is 10.2 Å². The molecule has 0 N–H and O–H groups in total. The summed E-state index contributed by atoms with van der Waals surface area (Å²) >= 11 is 0.630. The Kier molecular flexibility index (Phi) is 2.11. The summed E-state index contributed by atoms with van der Waals surface area (Å²) < 4.78 is 26.4. The highest BCUT2D eigenvalue weighted by Gasteiger charge is 2.49. The van der Waals surface area contributed by atoms with Crippen LogP contribution in [0.2, 0.25) is 0 Å². The predicted octanol–water partition coefficient (Wildman–Crippen LogP) is 2.62. The van der Waals surface area contributed by atoms with E-state index in [4.69, 9.17) is 0 Å². The molecule has 1 aromatic carbocycles. The maximum atomic E-state index is 13.0. The Balaban J connectivity index is 2.58. The van der Waals surface area contributed by atoms with Crippen molar-refractivity contribution in [3.05, 3.63) is 39.4 Å². The zero-order valence-electron chi connectivity index (χ0n) is 7.18. The zero-order chi connectivity index (χ0) is 11.1. The molecule has 2 rings (SSSR count). The smallest absolute Gasteiger partial charge is 0.259 e. The van der Waals surface area contributed by atoms with Gasteiger partial charge in [-0.05, 0) is 12.1 Å². The van der Waals surface area contributed by atoms with Gasteiger partial charge in [-0.25, -0.2) is 4.98 Å². The molecule has 1 aromatic heterocycles. The molecule has 0 spiro atoms. The minimum atomic E-state index is -4.11. The molecule has 4 nitrogen and oxygen atoms in total. The molecule has 0 saturated carbocycles. The first-order chi connectivity index (χ1) is 7.01. The number of alkyl halides is 2. The minimum absolute atomic E-state index is 0.346. The van der Waals surface area contributed by atoms with Crippen LogP contribution in [0.15, 0.2) is 24.3 Å². The highest BCUT2D eigenvalue weighted by molar-refractivity contribution is 7.18. The highest BCUT2D eigenvalue weighted by Crippen LogP contribution is 2.34. The van der Waals surface area contributed by atoms with Crippen molar-refractivity contribution < 1.29 is 13.7 Å². The standard InChI is InChI=1S/C8H4F2N2O2S/c9-8(10,12(13)14)7-11-5-3-1-2-4-6(5)15-7/h1-4H. The Morgan fingerprint density at radius 2 is 2.07 bits per heavy atom. The molecule has 0 atom stereocenters. The number of benzene rings is 1. The summed E-state index contributed by atoms with van der Waals surface area (Å²) in [6, 6.07) is 2.31. The van der Waals surface area contributed by atoms with E-state index in [1.54, 1.807) is 18.2 Å². The Morgan fingerprint density at radius 1 is 1.40 bits per heavy atom. The van der Waals surface area contributed by atoms with Crippen LogP contribution < -0.4 is 0 Å². The normalized spacial score (nSPS) is 11.9. The molecule has 1 heterocycles. The van der Waals surface area contributed by atoms with Crippen LogP contribution in [0.4, 0.5) is 8.78 Å². The van der Waals surface area contributed by atoms with Crippen molar-refractivity contribution in [2.24, 2.45) is 0 Å². The van der Waals surface area contributed by atoms with Crippen LogP contribution in [0.1, 0.15) is 5.01 Å². The molecular weight excluding hydrogens is 226 g/mol. The zero-order valence-corrected chi connectivity index (χ0v) is 8.00. The maximum Gasteiger partial charge on any atom is 0.566 e. The van der Waals surface area contributed by atoms with Crippen molar-refractivity contribution in [1.29, 1.82) is 0 Å². The van der Waals surface area contributed by atoms with Gasteiger partial charge in [0.15, 0.2) is 0 Å². The Hall–Kier alpha value is -1.63. The first-order valence-corrected chi connectivity index (χ1v) is 4.72. The van der Waals surface area contributed by atoms with Crippen LogP contribution in [-0.4, -0.2) is 9.91 Å². The van der Waals surface area contributed by atoms with E-state index in [1.807, 2.05) is 0 Å². The van der Waals surface area contributed by atoms with Crippen LogP contribution in [0, 0.1) is 10.1 Å². The molecule has 0 bridgehead atoms. The molecule has 0 amide bonds. The number of hydrogen-bond acceptors (Lipinski definition) is 4. The van der Waals surface area contributed by atoms with Crippen molar-refractivity contribution in [3.63, 3.8) is 0 Å². The quantitative estimate of drug-likeness (QED) is 0.452. The van der Waals surface area contributed by atoms with E-state index in [1.165, 1.54) is 6.07 Å². The number of hydrogen-bond donors (Lipinski definition) is 0. The number of rotatable bonds is 2. The van der Waals surface area contributed by atoms with Gasteiger partial charge in [-0.3, -0.25) is 10.1 Å². The average Bonchev–Trinajstić information content (AvgIpc) is 2.61. The molecule has 0 aliphatic carbocycles. The van der Waals surface area contributed by atoms with Crippen LogP contribution in [0.5, 0.6) is 0 Å². The van der Waals surface area contributed by atoms with Gasteiger partial charge in [0, 0.05) is 0 Å². The summed E-state index contributed by atoms with van der Waals surface area (Å²) in [6.07, 6.45) is 0. The van der Waals surface area contributed by atoms with Gasteiger partial charge in [0.1, 0.15) is 4.92 Å². The summed E-state index contributed by atoms with van der Waals surface area (Å²) in [5.74, 6) is 0. The largest absolute Gasteiger partial charge is 0.566 e. The van der Waals surface area contributed by atoms with E-state index in [-0.39, 0.29) is 0 Å². The first-order valence-electron chi connectivity index (χ1n) is 3.90. The lowest BCUT2D eigenvalue weighted by Crippen LogP contribution is -2.24. The fraction of sp³-hybridized carbons (Fsp3) is 0.125. The molecule has 0 aliphatic heterocycles. The summed E-state index contributed by atoms with van der Waals surface area (Å²) in [5.41, 5.74) is 0.346. The van der Waals surface area contributed by atoms with Crippen molar-refractivity contribution in [2.75, 3.05) is 0 Å². The van der Waals surface area contributed by atoms with Gasteiger partial charge in [0.2, 0.25) is 5.01 Å². The first kappa shape index (κ1) is 9.91. The molecule has 7 heteroatoms. The van der Waals surface area contributed by atoms with Gasteiger partial charge in [-0.2, -0.15) is 0 Å². The number of thiazole rings is 1. The second-order valence-corrected chi connectivity index (χ2v) is 3.82. The fourth-order valence-corrected chi connectivity index (χ4v) is 1.99. The fourth-order valence-electron chi connectivity index (χ4n) is 1.08. The van der Waals surface area contributed by atoms with E-state index in [0.717, 1.165) is 0 Å². The van der Waals surface area contributed by atoms with E-state index in [9.17, 15) is 18.9 Å². The summed E-state index contributed by atoms with van der Waals surface area (Å²) in [6.45, 7) is 0. The topological polar surface area (TPSA) is 56.0 Å². The second kappa shape index (κ2) is 3.20. The predicted molar refractivity (Wildman–Crippen MR) is 50.5 cm³/mol. The average molecular weight is 230 g/mol. The van der Waals surface area contributed by atoms with Crippen LogP contribution >= 0.6 is 11.3 Å². The monoisotopic (exact) mass is 230 g/mol. The molecule has 2 aromatic rings. The molecule has 0 saturated heterocycles.